The van der Waals surface area contributed by atoms with Gasteiger partial charge in [0.2, 0.25) is 0 Å². The van der Waals surface area contributed by atoms with Crippen LogP contribution in [0.1, 0.15) is 13.8 Å². The van der Waals surface area contributed by atoms with E-state index in [0.717, 1.165) is 5.34 Å². The van der Waals surface area contributed by atoms with E-state index >= 15 is 0 Å². The smallest absolute Gasteiger partial charge is 0.473 e. The minimum absolute atomic E-state index is 0. The third kappa shape index (κ3) is 29.3. The minimum Gasteiger partial charge on any atom is -0.473 e. The van der Waals surface area contributed by atoms with Gasteiger partial charge in [-0.05, 0) is 12.1 Å². The molecule has 0 bridgehead atoms. The first kappa shape index (κ1) is 20.3. The maximum absolute atomic E-state index is 9.81. The zero-order chi connectivity index (χ0) is 12.1. The summed E-state index contributed by atoms with van der Waals surface area (Å²) in [6.45, 7) is 2.36. The molecule has 0 amide bonds. The fraction of sp³-hybridized carbons (Fsp3) is 0.250. The number of carbonyl (C=O) groups is 2. The van der Waals surface area contributed by atoms with Gasteiger partial charge in [0, 0.05) is 13.8 Å². The number of hydrogen-bond acceptors (Lipinski definition) is 7. The molecule has 1 heterocycles. The Labute approximate surface area is 114 Å². The molecule has 0 N–H and O–H groups in total. The number of nitrogens with zero attached hydrogens (tertiary/aromatic N) is 1. The molecule has 0 atom stereocenters. The van der Waals surface area contributed by atoms with Crippen molar-refractivity contribution >= 4 is 11.9 Å². The molecular formula is C8H10NNaO6. The molecule has 1 rings (SSSR count). The Kier molecular flexibility index (Phi) is 20.6. The predicted octanol–water partition coefficient (Wildman–Crippen LogP) is -1.37. The molecule has 0 fully saturated rings. The maximum Gasteiger partial charge on any atom is 1.00 e. The zero-order valence-electron chi connectivity index (χ0n) is 9.21. The van der Waals surface area contributed by atoms with Crippen LogP contribution in [0.15, 0.2) is 34.4 Å². The van der Waals surface area contributed by atoms with Gasteiger partial charge in [-0.3, -0.25) is 9.59 Å². The van der Waals surface area contributed by atoms with Gasteiger partial charge >= 0.3 is 41.5 Å². The van der Waals surface area contributed by atoms with E-state index in [-0.39, 0.29) is 29.6 Å². The van der Waals surface area contributed by atoms with E-state index in [0.29, 0.717) is 0 Å². The van der Waals surface area contributed by atoms with Gasteiger partial charge in [0.1, 0.15) is 0 Å². The van der Waals surface area contributed by atoms with E-state index in [4.69, 9.17) is 10.1 Å². The molecule has 0 aromatic carbocycles. The van der Waals surface area contributed by atoms with Crippen LogP contribution >= 0.6 is 0 Å². The molecule has 0 saturated carbocycles. The van der Waals surface area contributed by atoms with Crippen LogP contribution in [-0.4, -0.2) is 11.9 Å². The van der Waals surface area contributed by atoms with Crippen LogP contribution in [0.25, 0.3) is 0 Å². The molecule has 0 radical (unpaired) electrons. The average Bonchev–Trinajstić information content (AvgIpc) is 2.58. The molecule has 0 unspecified atom stereocenters. The third-order valence-corrected chi connectivity index (χ3v) is 0.713. The van der Waals surface area contributed by atoms with Gasteiger partial charge in [-0.15, -0.1) is 5.34 Å². The Balaban J connectivity index is -0.000000166. The molecule has 7 nitrogen and oxygen atoms in total. The molecule has 0 aliphatic carbocycles. The van der Waals surface area contributed by atoms with Gasteiger partial charge in [-0.25, -0.2) is 0 Å². The summed E-state index contributed by atoms with van der Waals surface area (Å²) in [6.07, 6.45) is 3.25. The summed E-state index contributed by atoms with van der Waals surface area (Å²) < 4.78 is 8.56. The van der Waals surface area contributed by atoms with Crippen LogP contribution in [-0.2, 0) is 14.3 Å². The topological polar surface area (TPSA) is 109 Å². The summed E-state index contributed by atoms with van der Waals surface area (Å²) in [7, 11) is 0. The molecule has 0 saturated heterocycles. The summed E-state index contributed by atoms with van der Waals surface area (Å²) in [5.74, 6) is -1.12. The maximum atomic E-state index is 9.81. The Morgan fingerprint density at radius 2 is 1.50 bits per heavy atom. The molecule has 1 aromatic rings. The van der Waals surface area contributed by atoms with Crippen molar-refractivity contribution in [3.05, 3.63) is 34.8 Å². The minimum atomic E-state index is -0.562. The first-order valence-electron chi connectivity index (χ1n) is 3.65. The summed E-state index contributed by atoms with van der Waals surface area (Å²) in [4.78, 5) is 27.6. The Bertz CT molecular complexity index is 245. The monoisotopic (exact) mass is 239 g/mol. The van der Waals surface area contributed by atoms with Crippen molar-refractivity contribution in [2.75, 3.05) is 0 Å². The standard InChI is InChI=1S/C4H6O3.C4H4O.HNO2.Na/c1-3(5)7-4(2)6;1-2-4-5-3-1;2-1-3;/h1-2H3;1-4H;(H,2,3);/q;;;+1/p-1. The second-order valence-electron chi connectivity index (χ2n) is 1.95. The van der Waals surface area contributed by atoms with E-state index < -0.39 is 11.9 Å². The van der Waals surface area contributed by atoms with Crippen LogP contribution in [0.3, 0.4) is 0 Å². The van der Waals surface area contributed by atoms with E-state index in [9.17, 15) is 9.59 Å². The van der Waals surface area contributed by atoms with Gasteiger partial charge in [-0.1, -0.05) is 0 Å². The molecule has 0 spiro atoms. The number of ether oxygens (including phenoxy) is 1. The van der Waals surface area contributed by atoms with Crippen molar-refractivity contribution in [2.24, 2.45) is 5.34 Å². The van der Waals surface area contributed by atoms with Crippen molar-refractivity contribution in [3.63, 3.8) is 0 Å². The third-order valence-electron chi connectivity index (χ3n) is 0.713. The van der Waals surface area contributed by atoms with Crippen LogP contribution in [0.2, 0.25) is 0 Å². The Morgan fingerprint density at radius 3 is 1.56 bits per heavy atom. The second kappa shape index (κ2) is 16.3. The van der Waals surface area contributed by atoms with Crippen LogP contribution in [0.5, 0.6) is 0 Å². The van der Waals surface area contributed by atoms with Gasteiger partial charge in [0.15, 0.2) is 0 Å². The van der Waals surface area contributed by atoms with Gasteiger partial charge in [0.05, 0.1) is 12.5 Å². The number of rotatable bonds is 0. The van der Waals surface area contributed by atoms with Crippen molar-refractivity contribution in [1.29, 1.82) is 0 Å². The molecule has 0 aliphatic rings. The second-order valence-corrected chi connectivity index (χ2v) is 1.95. The SMILES string of the molecule is CC(=O)OC(C)=O.O=N[O-].[Na+].c1ccoc1. The normalized spacial score (nSPS) is 6.62. The van der Waals surface area contributed by atoms with Crippen molar-refractivity contribution in [3.8, 4) is 0 Å². The number of hydrogen-bond donors (Lipinski definition) is 0. The van der Waals surface area contributed by atoms with E-state index in [2.05, 4.69) is 9.15 Å². The Hall–Kier alpha value is -1.18. The van der Waals surface area contributed by atoms with Crippen molar-refractivity contribution in [2.45, 2.75) is 13.8 Å². The zero-order valence-corrected chi connectivity index (χ0v) is 11.2. The van der Waals surface area contributed by atoms with Gasteiger partial charge < -0.3 is 19.3 Å². The molecule has 1 aromatic heterocycles. The number of furan rings is 1. The number of esters is 2. The fourth-order valence-corrected chi connectivity index (χ4v) is 0.429. The van der Waals surface area contributed by atoms with Crippen LogP contribution in [0.4, 0.5) is 0 Å². The summed E-state index contributed by atoms with van der Waals surface area (Å²) in [6, 6.07) is 3.67. The summed E-state index contributed by atoms with van der Waals surface area (Å²) in [5, 5.41) is 9.00. The van der Waals surface area contributed by atoms with Gasteiger partial charge in [0.25, 0.3) is 0 Å². The largest absolute Gasteiger partial charge is 1.00 e. The summed E-state index contributed by atoms with van der Waals surface area (Å²) in [5.41, 5.74) is 0. The fourth-order valence-electron chi connectivity index (χ4n) is 0.429. The Morgan fingerprint density at radius 1 is 1.19 bits per heavy atom. The van der Waals surface area contributed by atoms with Crippen LogP contribution in [0, 0.1) is 10.1 Å². The van der Waals surface area contributed by atoms with E-state index in [1.165, 1.54) is 13.8 Å². The van der Waals surface area contributed by atoms with Crippen molar-refractivity contribution < 1.29 is 48.3 Å². The summed E-state index contributed by atoms with van der Waals surface area (Å²) >= 11 is 0. The molecule has 16 heavy (non-hydrogen) atoms. The molecule has 0 aliphatic heterocycles. The van der Waals surface area contributed by atoms with Crippen LogP contribution < -0.4 is 29.6 Å². The van der Waals surface area contributed by atoms with Crippen molar-refractivity contribution in [1.82, 2.24) is 0 Å². The van der Waals surface area contributed by atoms with Gasteiger partial charge in [-0.2, -0.15) is 0 Å². The number of carbonyl (C=O) groups excluding carboxylic acids is 2. The van der Waals surface area contributed by atoms with E-state index in [1.54, 1.807) is 12.5 Å². The molecule has 84 valence electrons. The quantitative estimate of drug-likeness (QED) is 0.182. The van der Waals surface area contributed by atoms with E-state index in [1.807, 2.05) is 12.1 Å². The first-order chi connectivity index (χ1) is 7.04. The predicted molar refractivity (Wildman–Crippen MR) is 50.3 cm³/mol. The average molecular weight is 239 g/mol. The molecule has 8 heteroatoms. The first-order valence-corrected chi connectivity index (χ1v) is 3.65. The molecular weight excluding hydrogens is 229 g/mol.